The van der Waals surface area contributed by atoms with Gasteiger partial charge in [-0.2, -0.15) is 0 Å². The lowest BCUT2D eigenvalue weighted by Crippen LogP contribution is -2.10. The van der Waals surface area contributed by atoms with Crippen LogP contribution in [0.15, 0.2) is 48.5 Å². The summed E-state index contributed by atoms with van der Waals surface area (Å²) in [5, 5.41) is 0. The van der Waals surface area contributed by atoms with Crippen LogP contribution < -0.4 is 5.73 Å². The van der Waals surface area contributed by atoms with Crippen molar-refractivity contribution in [1.29, 1.82) is 0 Å². The van der Waals surface area contributed by atoms with Crippen molar-refractivity contribution in [3.63, 3.8) is 0 Å². The van der Waals surface area contributed by atoms with Crippen molar-refractivity contribution < 1.29 is 4.79 Å². The van der Waals surface area contributed by atoms with E-state index >= 15 is 0 Å². The molecule has 0 aliphatic heterocycles. The third kappa shape index (κ3) is 2.53. The average molecular weight is 224 g/mol. The van der Waals surface area contributed by atoms with Gasteiger partial charge in [0.25, 0.3) is 0 Å². The largest absolute Gasteiger partial charge is 0.366 e. The van der Waals surface area contributed by atoms with Crippen molar-refractivity contribution in [2.24, 2.45) is 5.73 Å². The van der Waals surface area contributed by atoms with Crippen LogP contribution in [-0.4, -0.2) is 5.91 Å². The Balaban J connectivity index is 2.36. The highest BCUT2D eigenvalue weighted by atomic mass is 16.1. The molecule has 0 bridgehead atoms. The summed E-state index contributed by atoms with van der Waals surface area (Å²) in [7, 11) is 0. The molecule has 2 rings (SSSR count). The van der Waals surface area contributed by atoms with Crippen LogP contribution in [0.5, 0.6) is 0 Å². The second-order valence-electron chi connectivity index (χ2n) is 3.89. The molecule has 0 heterocycles. The molecule has 0 aliphatic carbocycles. The van der Waals surface area contributed by atoms with Crippen LogP contribution in [0, 0.1) is 6.92 Å². The molecule has 0 saturated heterocycles. The van der Waals surface area contributed by atoms with Crippen molar-refractivity contribution in [2.45, 2.75) is 6.42 Å². The number of benzene rings is 2. The minimum atomic E-state index is -0.400. The number of amides is 1. The molecule has 0 spiro atoms. The Morgan fingerprint density at radius 2 is 1.76 bits per heavy atom. The maximum absolute atomic E-state index is 11.0. The number of hydrogen-bond acceptors (Lipinski definition) is 1. The smallest absolute Gasteiger partial charge is 0.248 e. The van der Waals surface area contributed by atoms with Gasteiger partial charge in [-0.1, -0.05) is 36.4 Å². The Labute approximate surface area is 101 Å². The normalized spacial score (nSPS) is 10.2. The van der Waals surface area contributed by atoms with Gasteiger partial charge in [-0.15, -0.1) is 0 Å². The van der Waals surface area contributed by atoms with Crippen LogP contribution in [-0.2, 0) is 6.42 Å². The zero-order chi connectivity index (χ0) is 12.3. The summed E-state index contributed by atoms with van der Waals surface area (Å²) in [4.78, 5) is 11.0. The lowest BCUT2D eigenvalue weighted by Gasteiger charge is -2.04. The van der Waals surface area contributed by atoms with E-state index in [1.165, 1.54) is 5.56 Å². The summed E-state index contributed by atoms with van der Waals surface area (Å²) in [5.41, 5.74) is 9.13. The van der Waals surface area contributed by atoms with Crippen LogP contribution in [0.1, 0.15) is 15.9 Å². The summed E-state index contributed by atoms with van der Waals surface area (Å²) in [6.07, 6.45) is 0.771. The number of rotatable bonds is 3. The van der Waals surface area contributed by atoms with E-state index < -0.39 is 5.91 Å². The van der Waals surface area contributed by atoms with E-state index in [4.69, 9.17) is 5.73 Å². The van der Waals surface area contributed by atoms with Gasteiger partial charge >= 0.3 is 0 Å². The Kier molecular flexibility index (Phi) is 3.24. The molecule has 0 atom stereocenters. The number of carbonyl (C=O) groups excluding carboxylic acids is 1. The second-order valence-corrected chi connectivity index (χ2v) is 3.89. The first-order chi connectivity index (χ1) is 8.20. The first-order valence-corrected chi connectivity index (χ1v) is 5.49. The molecule has 2 aromatic carbocycles. The van der Waals surface area contributed by atoms with E-state index in [9.17, 15) is 4.79 Å². The maximum atomic E-state index is 11.0. The van der Waals surface area contributed by atoms with Gasteiger partial charge in [-0.3, -0.25) is 4.79 Å². The van der Waals surface area contributed by atoms with Gasteiger partial charge in [0.1, 0.15) is 0 Å². The van der Waals surface area contributed by atoms with E-state index in [2.05, 4.69) is 13.0 Å². The third-order valence-electron chi connectivity index (χ3n) is 2.72. The van der Waals surface area contributed by atoms with Gasteiger partial charge in [0.2, 0.25) is 5.91 Å². The molecule has 2 N–H and O–H groups in total. The SMILES string of the molecule is [CH2]Cc1cccc(-c2ccc(C(N)=O)cc2)c1. The lowest BCUT2D eigenvalue weighted by atomic mass is 10.0. The minimum absolute atomic E-state index is 0.400. The van der Waals surface area contributed by atoms with Gasteiger partial charge in [-0.05, 0) is 42.2 Å². The second kappa shape index (κ2) is 4.83. The fourth-order valence-electron chi connectivity index (χ4n) is 1.73. The van der Waals surface area contributed by atoms with Gasteiger partial charge in [0, 0.05) is 5.56 Å². The molecular weight excluding hydrogens is 210 g/mol. The van der Waals surface area contributed by atoms with Crippen molar-refractivity contribution in [2.75, 3.05) is 0 Å². The van der Waals surface area contributed by atoms with E-state index in [-0.39, 0.29) is 0 Å². The Morgan fingerprint density at radius 1 is 1.06 bits per heavy atom. The lowest BCUT2D eigenvalue weighted by molar-refractivity contribution is 0.100. The summed E-state index contributed by atoms with van der Waals surface area (Å²) >= 11 is 0. The van der Waals surface area contributed by atoms with Crippen LogP contribution in [0.3, 0.4) is 0 Å². The first-order valence-electron chi connectivity index (χ1n) is 5.49. The molecular formula is C15H14NO. The predicted octanol–water partition coefficient (Wildman–Crippen LogP) is 2.83. The third-order valence-corrected chi connectivity index (χ3v) is 2.72. The summed E-state index contributed by atoms with van der Waals surface area (Å²) in [6, 6.07) is 15.5. The number of nitrogens with two attached hydrogens (primary N) is 1. The highest BCUT2D eigenvalue weighted by Gasteiger charge is 2.02. The quantitative estimate of drug-likeness (QED) is 0.855. The highest BCUT2D eigenvalue weighted by Crippen LogP contribution is 2.21. The molecule has 0 unspecified atom stereocenters. The molecule has 2 heteroatoms. The Morgan fingerprint density at radius 3 is 2.35 bits per heavy atom. The van der Waals surface area contributed by atoms with Crippen LogP contribution in [0.25, 0.3) is 11.1 Å². The standard InChI is InChI=1S/C15H14NO/c1-2-11-4-3-5-14(10-11)12-6-8-13(9-7-12)15(16)17/h3-10H,1-2H2,(H2,16,17). The minimum Gasteiger partial charge on any atom is -0.366 e. The topological polar surface area (TPSA) is 43.1 Å². The van der Waals surface area contributed by atoms with Crippen LogP contribution in [0.4, 0.5) is 0 Å². The Bertz CT molecular complexity index is 529. The van der Waals surface area contributed by atoms with Gasteiger partial charge in [0.15, 0.2) is 0 Å². The van der Waals surface area contributed by atoms with Crippen LogP contribution >= 0.6 is 0 Å². The highest BCUT2D eigenvalue weighted by molar-refractivity contribution is 5.93. The van der Waals surface area contributed by atoms with E-state index in [1.807, 2.05) is 30.3 Å². The fourth-order valence-corrected chi connectivity index (χ4v) is 1.73. The fraction of sp³-hybridized carbons (Fsp3) is 0.0667. The molecule has 1 radical (unpaired) electrons. The number of carbonyl (C=O) groups is 1. The van der Waals surface area contributed by atoms with Crippen LogP contribution in [0.2, 0.25) is 0 Å². The molecule has 0 aromatic heterocycles. The summed E-state index contributed by atoms with van der Waals surface area (Å²) < 4.78 is 0. The molecule has 17 heavy (non-hydrogen) atoms. The van der Waals surface area contributed by atoms with Gasteiger partial charge in [0.05, 0.1) is 0 Å². The molecule has 1 amide bonds. The molecule has 2 aromatic rings. The number of hydrogen-bond donors (Lipinski definition) is 1. The average Bonchev–Trinajstić information content (AvgIpc) is 2.39. The maximum Gasteiger partial charge on any atom is 0.248 e. The molecule has 0 aliphatic rings. The molecule has 2 nitrogen and oxygen atoms in total. The van der Waals surface area contributed by atoms with Crippen molar-refractivity contribution in [3.05, 3.63) is 66.6 Å². The molecule has 0 saturated carbocycles. The monoisotopic (exact) mass is 224 g/mol. The summed E-state index contributed by atoms with van der Waals surface area (Å²) in [5.74, 6) is -0.400. The van der Waals surface area contributed by atoms with Crippen molar-refractivity contribution in [1.82, 2.24) is 0 Å². The molecule has 85 valence electrons. The van der Waals surface area contributed by atoms with Gasteiger partial charge in [-0.25, -0.2) is 0 Å². The van der Waals surface area contributed by atoms with E-state index in [1.54, 1.807) is 12.1 Å². The van der Waals surface area contributed by atoms with Gasteiger partial charge < -0.3 is 5.73 Å². The predicted molar refractivity (Wildman–Crippen MR) is 69.5 cm³/mol. The molecule has 0 fully saturated rings. The summed E-state index contributed by atoms with van der Waals surface area (Å²) in [6.45, 7) is 3.87. The zero-order valence-corrected chi connectivity index (χ0v) is 9.52. The van der Waals surface area contributed by atoms with E-state index in [0.29, 0.717) is 5.56 Å². The van der Waals surface area contributed by atoms with Crippen molar-refractivity contribution in [3.8, 4) is 11.1 Å². The first kappa shape index (κ1) is 11.4. The van der Waals surface area contributed by atoms with Crippen molar-refractivity contribution >= 4 is 5.91 Å². The van der Waals surface area contributed by atoms with E-state index in [0.717, 1.165) is 17.5 Å². The number of primary amides is 1. The Hall–Kier alpha value is -2.09. The zero-order valence-electron chi connectivity index (χ0n) is 9.52.